The summed E-state index contributed by atoms with van der Waals surface area (Å²) in [5, 5.41) is 11.8. The molecule has 0 atom stereocenters. The number of benzene rings is 1. The fraction of sp³-hybridized carbons (Fsp3) is 0.222. The van der Waals surface area contributed by atoms with Gasteiger partial charge in [-0.25, -0.2) is 4.79 Å². The van der Waals surface area contributed by atoms with Gasteiger partial charge in [0.1, 0.15) is 5.75 Å². The van der Waals surface area contributed by atoms with Crippen LogP contribution in [0.4, 0.5) is 10.5 Å². The Balaban J connectivity index is 3.10. The molecule has 4 N–H and O–H groups in total. The number of rotatable bonds is 1. The maximum atomic E-state index is 10.6. The largest absolute Gasteiger partial charge is 0.508 e. The fourth-order valence-corrected chi connectivity index (χ4v) is 1.07. The van der Waals surface area contributed by atoms with Crippen molar-refractivity contribution in [2.45, 2.75) is 13.8 Å². The smallest absolute Gasteiger partial charge is 0.316 e. The lowest BCUT2D eigenvalue weighted by molar-refractivity contribution is 0.259. The van der Waals surface area contributed by atoms with Crippen LogP contribution in [0.15, 0.2) is 12.1 Å². The van der Waals surface area contributed by atoms with Crippen LogP contribution in [0.3, 0.4) is 0 Å². The molecule has 70 valence electrons. The van der Waals surface area contributed by atoms with Crippen LogP contribution in [0.1, 0.15) is 11.1 Å². The maximum Gasteiger partial charge on any atom is 0.316 e. The molecule has 1 aromatic rings. The second kappa shape index (κ2) is 3.35. The van der Waals surface area contributed by atoms with Crippen LogP contribution in [0.2, 0.25) is 0 Å². The van der Waals surface area contributed by atoms with Gasteiger partial charge < -0.3 is 16.2 Å². The lowest BCUT2D eigenvalue weighted by Crippen LogP contribution is -2.19. The molecule has 0 saturated heterocycles. The molecule has 0 bridgehead atoms. The van der Waals surface area contributed by atoms with Crippen molar-refractivity contribution in [1.82, 2.24) is 0 Å². The molecule has 1 aromatic carbocycles. The van der Waals surface area contributed by atoms with Crippen molar-refractivity contribution >= 4 is 11.7 Å². The number of carbonyl (C=O) groups excluding carboxylic acids is 1. The van der Waals surface area contributed by atoms with E-state index < -0.39 is 6.03 Å². The minimum Gasteiger partial charge on any atom is -0.508 e. The minimum atomic E-state index is -0.604. The molecule has 0 fully saturated rings. The van der Waals surface area contributed by atoms with Gasteiger partial charge in [0.15, 0.2) is 0 Å². The third kappa shape index (κ3) is 1.90. The van der Waals surface area contributed by atoms with Crippen LogP contribution in [0.5, 0.6) is 5.75 Å². The minimum absolute atomic E-state index is 0.215. The van der Waals surface area contributed by atoms with Gasteiger partial charge in [0.2, 0.25) is 0 Å². The van der Waals surface area contributed by atoms with E-state index in [1.165, 1.54) is 6.07 Å². The number of hydrogen-bond donors (Lipinski definition) is 3. The van der Waals surface area contributed by atoms with E-state index in [1.807, 2.05) is 0 Å². The molecule has 4 heteroatoms. The zero-order valence-electron chi connectivity index (χ0n) is 7.59. The van der Waals surface area contributed by atoms with Crippen LogP contribution in [-0.2, 0) is 0 Å². The second-order valence-corrected chi connectivity index (χ2v) is 2.87. The number of urea groups is 1. The molecule has 0 aliphatic rings. The summed E-state index contributed by atoms with van der Waals surface area (Å²) < 4.78 is 0. The Morgan fingerprint density at radius 1 is 1.38 bits per heavy atom. The quantitative estimate of drug-likeness (QED) is 0.573. The summed E-state index contributed by atoms with van der Waals surface area (Å²) in [5.41, 5.74) is 7.16. The van der Waals surface area contributed by atoms with Crippen LogP contribution >= 0.6 is 0 Å². The molecule has 1 rings (SSSR count). The highest BCUT2D eigenvalue weighted by Crippen LogP contribution is 2.25. The van der Waals surface area contributed by atoms with E-state index in [4.69, 9.17) is 5.73 Å². The summed E-state index contributed by atoms with van der Waals surface area (Å²) in [4.78, 5) is 10.6. The molecule has 0 spiro atoms. The van der Waals surface area contributed by atoms with Gasteiger partial charge in [0.25, 0.3) is 0 Å². The topological polar surface area (TPSA) is 75.3 Å². The summed E-state index contributed by atoms with van der Waals surface area (Å²) in [7, 11) is 0. The van der Waals surface area contributed by atoms with E-state index in [0.717, 1.165) is 11.1 Å². The van der Waals surface area contributed by atoms with E-state index >= 15 is 0 Å². The predicted molar refractivity (Wildman–Crippen MR) is 50.8 cm³/mol. The third-order valence-electron chi connectivity index (χ3n) is 2.02. The zero-order chi connectivity index (χ0) is 10.0. The molecule has 0 aliphatic heterocycles. The normalized spacial score (nSPS) is 9.69. The van der Waals surface area contributed by atoms with Gasteiger partial charge in [-0.2, -0.15) is 0 Å². The first-order chi connectivity index (χ1) is 6.02. The van der Waals surface area contributed by atoms with Gasteiger partial charge in [-0.3, -0.25) is 0 Å². The monoisotopic (exact) mass is 180 g/mol. The van der Waals surface area contributed by atoms with Crippen molar-refractivity contribution in [3.8, 4) is 5.75 Å². The van der Waals surface area contributed by atoms with E-state index in [0.29, 0.717) is 5.69 Å². The van der Waals surface area contributed by atoms with Gasteiger partial charge in [-0.05, 0) is 37.1 Å². The zero-order valence-corrected chi connectivity index (χ0v) is 7.59. The summed E-state index contributed by atoms with van der Waals surface area (Å²) in [5.74, 6) is 0.215. The molecule has 13 heavy (non-hydrogen) atoms. The van der Waals surface area contributed by atoms with Crippen LogP contribution in [-0.4, -0.2) is 11.1 Å². The lowest BCUT2D eigenvalue weighted by Gasteiger charge is -2.09. The van der Waals surface area contributed by atoms with Crippen LogP contribution < -0.4 is 11.1 Å². The summed E-state index contributed by atoms with van der Waals surface area (Å²) in [6.45, 7) is 3.58. The van der Waals surface area contributed by atoms with Crippen molar-refractivity contribution < 1.29 is 9.90 Å². The van der Waals surface area contributed by atoms with Crippen molar-refractivity contribution in [3.05, 3.63) is 23.3 Å². The Labute approximate surface area is 76.4 Å². The van der Waals surface area contributed by atoms with E-state index in [1.54, 1.807) is 19.9 Å². The molecule has 0 heterocycles. The summed E-state index contributed by atoms with van der Waals surface area (Å²) in [6.07, 6.45) is 0. The number of hydrogen-bond acceptors (Lipinski definition) is 2. The molecule has 0 unspecified atom stereocenters. The molecule has 0 radical (unpaired) electrons. The summed E-state index contributed by atoms with van der Waals surface area (Å²) >= 11 is 0. The highest BCUT2D eigenvalue weighted by Gasteiger charge is 2.05. The number of carbonyl (C=O) groups is 1. The fourth-order valence-electron chi connectivity index (χ4n) is 1.07. The Hall–Kier alpha value is -1.71. The third-order valence-corrected chi connectivity index (χ3v) is 2.02. The second-order valence-electron chi connectivity index (χ2n) is 2.87. The average molecular weight is 180 g/mol. The highest BCUT2D eigenvalue weighted by atomic mass is 16.3. The molecule has 2 amide bonds. The number of amides is 2. The maximum absolute atomic E-state index is 10.6. The Kier molecular flexibility index (Phi) is 2.41. The standard InChI is InChI=1S/C9H12N2O2/c1-5-6(2)8(12)4-3-7(5)11-9(10)13/h3-4,12H,1-2H3,(H3,10,11,13). The molecular weight excluding hydrogens is 168 g/mol. The van der Waals surface area contributed by atoms with Crippen LogP contribution in [0.25, 0.3) is 0 Å². The van der Waals surface area contributed by atoms with Crippen molar-refractivity contribution in [1.29, 1.82) is 0 Å². The number of nitrogens with one attached hydrogen (secondary N) is 1. The average Bonchev–Trinajstić information content (AvgIpc) is 2.06. The number of phenolic OH excluding ortho intramolecular Hbond substituents is 1. The molecule has 4 nitrogen and oxygen atoms in total. The van der Waals surface area contributed by atoms with Crippen molar-refractivity contribution in [2.24, 2.45) is 5.73 Å². The highest BCUT2D eigenvalue weighted by molar-refractivity contribution is 5.89. The number of aromatic hydroxyl groups is 1. The summed E-state index contributed by atoms with van der Waals surface area (Å²) in [6, 6.07) is 2.53. The number of anilines is 1. The number of nitrogens with two attached hydrogens (primary N) is 1. The first-order valence-corrected chi connectivity index (χ1v) is 3.88. The predicted octanol–water partition coefficient (Wildman–Crippen LogP) is 1.50. The van der Waals surface area contributed by atoms with Crippen LogP contribution in [0, 0.1) is 13.8 Å². The Bertz CT molecular complexity index is 348. The first kappa shape index (κ1) is 9.38. The number of primary amides is 1. The SMILES string of the molecule is Cc1c(O)ccc(NC(N)=O)c1C. The van der Waals surface area contributed by atoms with Crippen molar-refractivity contribution in [2.75, 3.05) is 5.32 Å². The van der Waals surface area contributed by atoms with Gasteiger partial charge in [-0.1, -0.05) is 0 Å². The number of phenols is 1. The molecule has 0 aliphatic carbocycles. The van der Waals surface area contributed by atoms with Gasteiger partial charge in [-0.15, -0.1) is 0 Å². The Morgan fingerprint density at radius 2 is 2.00 bits per heavy atom. The van der Waals surface area contributed by atoms with E-state index in [2.05, 4.69) is 5.32 Å². The molecular formula is C9H12N2O2. The van der Waals surface area contributed by atoms with Gasteiger partial charge in [0.05, 0.1) is 0 Å². The molecule has 0 saturated carbocycles. The van der Waals surface area contributed by atoms with Crippen molar-refractivity contribution in [3.63, 3.8) is 0 Å². The molecule has 0 aromatic heterocycles. The lowest BCUT2D eigenvalue weighted by atomic mass is 10.1. The van der Waals surface area contributed by atoms with E-state index in [9.17, 15) is 9.90 Å². The Morgan fingerprint density at radius 3 is 2.54 bits per heavy atom. The first-order valence-electron chi connectivity index (χ1n) is 3.88. The van der Waals surface area contributed by atoms with Gasteiger partial charge in [0, 0.05) is 5.69 Å². The van der Waals surface area contributed by atoms with Gasteiger partial charge >= 0.3 is 6.03 Å². The van der Waals surface area contributed by atoms with E-state index in [-0.39, 0.29) is 5.75 Å².